The van der Waals surface area contributed by atoms with Crippen molar-refractivity contribution in [3.05, 3.63) is 66.6 Å². The second-order valence-electron chi connectivity index (χ2n) is 8.14. The van der Waals surface area contributed by atoms with Crippen molar-refractivity contribution < 1.29 is 17.9 Å². The van der Waals surface area contributed by atoms with E-state index in [-0.39, 0.29) is 16.6 Å². The van der Waals surface area contributed by atoms with Gasteiger partial charge in [-0.25, -0.2) is 23.1 Å². The summed E-state index contributed by atoms with van der Waals surface area (Å²) in [5.41, 5.74) is 2.75. The number of nitrogens with one attached hydrogen (secondary N) is 1. The lowest BCUT2D eigenvalue weighted by Gasteiger charge is -2.26. The number of nitrogens with zero attached hydrogens (tertiary/aromatic N) is 5. The molecule has 1 saturated heterocycles. The van der Waals surface area contributed by atoms with Crippen molar-refractivity contribution in [2.24, 2.45) is 0 Å². The molecule has 3 heterocycles. The molecule has 36 heavy (non-hydrogen) atoms. The molecule has 0 saturated carbocycles. The van der Waals surface area contributed by atoms with E-state index < -0.39 is 10.0 Å². The molecule has 0 aliphatic carbocycles. The molecule has 5 rings (SSSR count). The van der Waals surface area contributed by atoms with Crippen molar-refractivity contribution >= 4 is 44.4 Å². The monoisotopic (exact) mass is 524 g/mol. The van der Waals surface area contributed by atoms with Gasteiger partial charge in [-0.1, -0.05) is 36.0 Å². The molecular formula is C24H24N6O4S2. The quantitative estimate of drug-likeness (QED) is 0.290. The molecule has 1 N–H and O–H groups in total. The van der Waals surface area contributed by atoms with Gasteiger partial charge in [0, 0.05) is 18.8 Å². The number of hydrogen-bond donors (Lipinski definition) is 1. The third-order valence-electron chi connectivity index (χ3n) is 5.76. The maximum atomic E-state index is 13.0. The van der Waals surface area contributed by atoms with Crippen LogP contribution in [0.1, 0.15) is 5.56 Å². The van der Waals surface area contributed by atoms with Crippen LogP contribution in [0.15, 0.2) is 71.0 Å². The van der Waals surface area contributed by atoms with Gasteiger partial charge >= 0.3 is 0 Å². The molecule has 4 aromatic rings. The van der Waals surface area contributed by atoms with E-state index in [9.17, 15) is 13.2 Å². The van der Waals surface area contributed by atoms with Gasteiger partial charge < -0.3 is 10.1 Å². The van der Waals surface area contributed by atoms with E-state index in [4.69, 9.17) is 4.74 Å². The Labute approximate surface area is 212 Å². The van der Waals surface area contributed by atoms with Gasteiger partial charge in [0.15, 0.2) is 5.65 Å². The van der Waals surface area contributed by atoms with Gasteiger partial charge in [-0.15, -0.1) is 0 Å². The highest BCUT2D eigenvalue weighted by atomic mass is 32.2. The van der Waals surface area contributed by atoms with Crippen molar-refractivity contribution in [2.45, 2.75) is 16.8 Å². The van der Waals surface area contributed by atoms with Gasteiger partial charge in [-0.05, 0) is 36.8 Å². The predicted octanol–water partition coefficient (Wildman–Crippen LogP) is 2.88. The number of sulfonamides is 1. The van der Waals surface area contributed by atoms with Crippen LogP contribution in [0.5, 0.6) is 0 Å². The second kappa shape index (κ2) is 10.3. The number of anilines is 1. The first-order valence-corrected chi connectivity index (χ1v) is 13.7. The summed E-state index contributed by atoms with van der Waals surface area (Å²) in [5, 5.41) is 8.66. The van der Waals surface area contributed by atoms with Crippen molar-refractivity contribution in [3.63, 3.8) is 0 Å². The summed E-state index contributed by atoms with van der Waals surface area (Å²) in [5.74, 6) is -0.186. The van der Waals surface area contributed by atoms with Crippen LogP contribution in [0, 0.1) is 6.92 Å². The number of aryl methyl sites for hydroxylation is 1. The van der Waals surface area contributed by atoms with Gasteiger partial charge in [0.05, 0.1) is 41.1 Å². The van der Waals surface area contributed by atoms with Gasteiger partial charge in [-0.2, -0.15) is 9.40 Å². The lowest BCUT2D eigenvalue weighted by Crippen LogP contribution is -2.40. The molecule has 12 heteroatoms. The number of rotatable bonds is 7. The minimum absolute atomic E-state index is 0.0858. The summed E-state index contributed by atoms with van der Waals surface area (Å²) >= 11 is 1.27. The number of para-hydroxylation sites is 1. The number of fused-ring (bicyclic) bond motifs is 1. The van der Waals surface area contributed by atoms with Crippen LogP contribution < -0.4 is 5.32 Å². The van der Waals surface area contributed by atoms with E-state index in [1.54, 1.807) is 23.0 Å². The summed E-state index contributed by atoms with van der Waals surface area (Å²) in [4.78, 5) is 21.6. The predicted molar refractivity (Wildman–Crippen MR) is 137 cm³/mol. The maximum Gasteiger partial charge on any atom is 0.243 e. The zero-order valence-electron chi connectivity index (χ0n) is 19.5. The normalized spacial score (nSPS) is 14.7. The molecule has 2 aromatic carbocycles. The molecule has 0 atom stereocenters. The molecule has 1 aliphatic heterocycles. The molecular weight excluding hydrogens is 500 g/mol. The Morgan fingerprint density at radius 1 is 1.11 bits per heavy atom. The van der Waals surface area contributed by atoms with Crippen LogP contribution in [0.3, 0.4) is 0 Å². The average Bonchev–Trinajstić information content (AvgIpc) is 3.34. The van der Waals surface area contributed by atoms with E-state index in [2.05, 4.69) is 20.4 Å². The van der Waals surface area contributed by atoms with Crippen molar-refractivity contribution in [1.82, 2.24) is 24.1 Å². The highest BCUT2D eigenvalue weighted by molar-refractivity contribution is 8.00. The largest absolute Gasteiger partial charge is 0.379 e. The van der Waals surface area contributed by atoms with Gasteiger partial charge in [0.2, 0.25) is 15.9 Å². The molecule has 0 radical (unpaired) electrons. The molecule has 0 bridgehead atoms. The highest BCUT2D eigenvalue weighted by Crippen LogP contribution is 2.27. The number of benzene rings is 2. The Morgan fingerprint density at radius 3 is 2.67 bits per heavy atom. The summed E-state index contributed by atoms with van der Waals surface area (Å²) in [6.07, 6.45) is 3.14. The number of thioether (sulfide) groups is 1. The van der Waals surface area contributed by atoms with Gasteiger partial charge in [0.25, 0.3) is 0 Å². The van der Waals surface area contributed by atoms with E-state index in [1.807, 2.05) is 37.3 Å². The van der Waals surface area contributed by atoms with Crippen LogP contribution >= 0.6 is 11.8 Å². The number of hydrogen-bond acceptors (Lipinski definition) is 8. The van der Waals surface area contributed by atoms with Crippen molar-refractivity contribution in [2.75, 3.05) is 37.4 Å². The SMILES string of the molecule is Cc1ccc(S(=O)(=O)N2CCOCC2)cc1NC(=O)CSc1ncnc2c1cnn2-c1ccccc1. The third kappa shape index (κ3) is 4.98. The van der Waals surface area contributed by atoms with Crippen LogP contribution in [0.4, 0.5) is 5.69 Å². The molecule has 0 spiro atoms. The number of ether oxygens (including phenoxy) is 1. The summed E-state index contributed by atoms with van der Waals surface area (Å²) in [6.45, 7) is 3.17. The number of carbonyl (C=O) groups is 1. The Bertz CT molecular complexity index is 1500. The minimum atomic E-state index is -3.67. The molecule has 1 aliphatic rings. The Kier molecular flexibility index (Phi) is 7.01. The first kappa shape index (κ1) is 24.4. The van der Waals surface area contributed by atoms with Gasteiger partial charge in [0.1, 0.15) is 11.4 Å². The van der Waals surface area contributed by atoms with Crippen molar-refractivity contribution in [3.8, 4) is 5.69 Å². The number of carbonyl (C=O) groups excluding carboxylic acids is 1. The van der Waals surface area contributed by atoms with Crippen LogP contribution in [-0.2, 0) is 19.6 Å². The van der Waals surface area contributed by atoms with E-state index in [0.717, 1.165) is 16.6 Å². The number of morpholine rings is 1. The van der Waals surface area contributed by atoms with Crippen LogP contribution in [0.2, 0.25) is 0 Å². The first-order valence-electron chi connectivity index (χ1n) is 11.3. The fourth-order valence-corrected chi connectivity index (χ4v) is 6.04. The minimum Gasteiger partial charge on any atom is -0.379 e. The zero-order chi connectivity index (χ0) is 25.1. The molecule has 2 aromatic heterocycles. The van der Waals surface area contributed by atoms with Crippen LogP contribution in [-0.4, -0.2) is 70.4 Å². The number of amides is 1. The summed E-state index contributed by atoms with van der Waals surface area (Å²) in [7, 11) is -3.67. The highest BCUT2D eigenvalue weighted by Gasteiger charge is 2.27. The van der Waals surface area contributed by atoms with Crippen LogP contribution in [0.25, 0.3) is 16.7 Å². The summed E-state index contributed by atoms with van der Waals surface area (Å²) < 4.78 is 34.4. The molecule has 0 unspecified atom stereocenters. The van der Waals surface area contributed by atoms with E-state index in [1.165, 1.54) is 28.5 Å². The average molecular weight is 525 g/mol. The molecule has 1 fully saturated rings. The van der Waals surface area contributed by atoms with Gasteiger partial charge in [-0.3, -0.25) is 4.79 Å². The lowest BCUT2D eigenvalue weighted by molar-refractivity contribution is -0.113. The topological polar surface area (TPSA) is 119 Å². The lowest BCUT2D eigenvalue weighted by atomic mass is 10.2. The second-order valence-corrected chi connectivity index (χ2v) is 11.0. The molecule has 1 amide bonds. The summed E-state index contributed by atoms with van der Waals surface area (Å²) in [6, 6.07) is 14.4. The smallest absolute Gasteiger partial charge is 0.243 e. The Hall–Kier alpha value is -3.32. The fraction of sp³-hybridized carbons (Fsp3) is 0.250. The fourth-order valence-electron chi connectivity index (χ4n) is 3.85. The Morgan fingerprint density at radius 2 is 1.89 bits per heavy atom. The Balaban J connectivity index is 1.30. The first-order chi connectivity index (χ1) is 17.4. The molecule has 10 nitrogen and oxygen atoms in total. The standard InChI is InChI=1S/C24H24N6O4S2/c1-17-7-8-19(36(32,33)29-9-11-34-12-10-29)13-21(17)28-22(31)15-35-24-20-14-27-30(23(20)25-16-26-24)18-5-3-2-4-6-18/h2-8,13-14,16H,9-12,15H2,1H3,(H,28,31). The third-order valence-corrected chi connectivity index (χ3v) is 8.66. The maximum absolute atomic E-state index is 13.0. The zero-order valence-corrected chi connectivity index (χ0v) is 21.1. The number of aromatic nitrogens is 4. The van der Waals surface area contributed by atoms with E-state index >= 15 is 0 Å². The van der Waals surface area contributed by atoms with E-state index in [0.29, 0.717) is 42.7 Å². The van der Waals surface area contributed by atoms with Crippen molar-refractivity contribution in [1.29, 1.82) is 0 Å². The molecule has 186 valence electrons.